The quantitative estimate of drug-likeness (QED) is 0.706. The molecule has 1 unspecified atom stereocenters. The van der Waals surface area contributed by atoms with Gasteiger partial charge in [-0.1, -0.05) is 29.8 Å². The molecule has 0 spiro atoms. The van der Waals surface area contributed by atoms with Gasteiger partial charge in [0.15, 0.2) is 0 Å². The van der Waals surface area contributed by atoms with E-state index in [4.69, 9.17) is 0 Å². The van der Waals surface area contributed by atoms with Gasteiger partial charge in [0.2, 0.25) is 0 Å². The van der Waals surface area contributed by atoms with Gasteiger partial charge in [0.05, 0.1) is 6.07 Å². The lowest BCUT2D eigenvalue weighted by Gasteiger charge is -2.27. The van der Waals surface area contributed by atoms with Crippen LogP contribution < -0.4 is 0 Å². The highest BCUT2D eigenvalue weighted by Gasteiger charge is 2.26. The van der Waals surface area contributed by atoms with Gasteiger partial charge in [0.25, 0.3) is 5.91 Å². The van der Waals surface area contributed by atoms with Crippen LogP contribution in [0.15, 0.2) is 42.1 Å². The maximum absolute atomic E-state index is 12.0. The summed E-state index contributed by atoms with van der Waals surface area (Å²) in [5.74, 6) is -0.160. The average Bonchev–Trinajstić information content (AvgIpc) is 2.36. The zero-order valence-electron chi connectivity index (χ0n) is 10.4. The Labute approximate surface area is 107 Å². The van der Waals surface area contributed by atoms with Crippen LogP contribution in [0.1, 0.15) is 31.0 Å². The van der Waals surface area contributed by atoms with Crippen LogP contribution in [0.2, 0.25) is 0 Å². The molecule has 1 heterocycles. The van der Waals surface area contributed by atoms with Crippen molar-refractivity contribution < 1.29 is 4.79 Å². The van der Waals surface area contributed by atoms with Crippen molar-refractivity contribution in [2.24, 2.45) is 0 Å². The van der Waals surface area contributed by atoms with E-state index in [1.807, 2.05) is 44.2 Å². The number of hydrogen-bond donors (Lipinski definition) is 0. The zero-order chi connectivity index (χ0) is 13.1. The number of carbonyl (C=O) groups is 1. The van der Waals surface area contributed by atoms with Crippen molar-refractivity contribution in [3.63, 3.8) is 0 Å². The molecular weight excluding hydrogens is 224 g/mol. The summed E-state index contributed by atoms with van der Waals surface area (Å²) in [6, 6.07) is 9.27. The van der Waals surface area contributed by atoms with Gasteiger partial charge in [-0.2, -0.15) is 5.26 Å². The monoisotopic (exact) mass is 238 g/mol. The van der Waals surface area contributed by atoms with Gasteiger partial charge in [0.1, 0.15) is 6.04 Å². The number of nitrogens with zero attached hydrogens (tertiary/aromatic N) is 2. The summed E-state index contributed by atoms with van der Waals surface area (Å²) in [6.07, 6.45) is 5.08. The van der Waals surface area contributed by atoms with Crippen LogP contribution in [-0.2, 0) is 4.79 Å². The number of fused-ring (bicyclic) bond motifs is 1. The topological polar surface area (TPSA) is 44.1 Å². The summed E-state index contributed by atoms with van der Waals surface area (Å²) in [5, 5.41) is 9.29. The van der Waals surface area contributed by atoms with Crippen molar-refractivity contribution in [1.82, 2.24) is 4.90 Å². The van der Waals surface area contributed by atoms with Gasteiger partial charge < -0.3 is 0 Å². The van der Waals surface area contributed by atoms with Crippen LogP contribution in [0.5, 0.6) is 0 Å². The Morgan fingerprint density at radius 1 is 1.39 bits per heavy atom. The largest absolute Gasteiger partial charge is 0.295 e. The van der Waals surface area contributed by atoms with Crippen molar-refractivity contribution in [2.75, 3.05) is 0 Å². The molecule has 0 aliphatic carbocycles. The lowest BCUT2D eigenvalue weighted by molar-refractivity contribution is -0.124. The third kappa shape index (κ3) is 2.18. The summed E-state index contributed by atoms with van der Waals surface area (Å²) in [7, 11) is 0. The van der Waals surface area contributed by atoms with Crippen LogP contribution in [0.3, 0.4) is 0 Å². The maximum atomic E-state index is 12.0. The first kappa shape index (κ1) is 12.1. The Bertz CT molecular complexity index is 574. The number of rotatable bonds is 1. The lowest BCUT2D eigenvalue weighted by Crippen LogP contribution is -2.30. The molecule has 0 bridgehead atoms. The normalized spacial score (nSPS) is 16.7. The van der Waals surface area contributed by atoms with Crippen LogP contribution in [0.25, 0.3) is 6.08 Å². The van der Waals surface area contributed by atoms with E-state index in [0.717, 1.165) is 16.7 Å². The summed E-state index contributed by atoms with van der Waals surface area (Å²) in [4.78, 5) is 13.5. The van der Waals surface area contributed by atoms with E-state index >= 15 is 0 Å². The molecule has 1 atom stereocenters. The molecule has 18 heavy (non-hydrogen) atoms. The van der Waals surface area contributed by atoms with Gasteiger partial charge in [-0.25, -0.2) is 0 Å². The molecule has 0 saturated carbocycles. The summed E-state index contributed by atoms with van der Waals surface area (Å²) in [6.45, 7) is 3.72. The highest BCUT2D eigenvalue weighted by atomic mass is 16.2. The van der Waals surface area contributed by atoms with Gasteiger partial charge in [-0.05, 0) is 31.1 Å². The number of amides is 1. The van der Waals surface area contributed by atoms with Crippen LogP contribution >= 0.6 is 0 Å². The fourth-order valence-corrected chi connectivity index (χ4v) is 1.96. The van der Waals surface area contributed by atoms with Crippen molar-refractivity contribution in [3.05, 3.63) is 53.2 Å². The summed E-state index contributed by atoms with van der Waals surface area (Å²) < 4.78 is 0. The molecule has 0 aromatic heterocycles. The first-order valence-corrected chi connectivity index (χ1v) is 5.77. The highest BCUT2D eigenvalue weighted by molar-refractivity contribution is 5.90. The molecule has 0 saturated heterocycles. The van der Waals surface area contributed by atoms with E-state index in [9.17, 15) is 10.1 Å². The minimum absolute atomic E-state index is 0.160. The molecule has 0 fully saturated rings. The number of carbonyl (C=O) groups excluding carboxylic acids is 1. The minimum Gasteiger partial charge on any atom is -0.295 e. The van der Waals surface area contributed by atoms with Gasteiger partial charge in [0, 0.05) is 12.3 Å². The second-order valence-electron chi connectivity index (χ2n) is 4.44. The van der Waals surface area contributed by atoms with E-state index in [0.29, 0.717) is 0 Å². The van der Waals surface area contributed by atoms with Crippen LogP contribution in [0, 0.1) is 11.3 Å². The molecule has 2 rings (SSSR count). The fourth-order valence-electron chi connectivity index (χ4n) is 1.96. The van der Waals surface area contributed by atoms with E-state index in [2.05, 4.69) is 6.07 Å². The van der Waals surface area contributed by atoms with Gasteiger partial charge in [-0.15, -0.1) is 0 Å². The third-order valence-corrected chi connectivity index (χ3v) is 2.77. The van der Waals surface area contributed by atoms with Gasteiger partial charge >= 0.3 is 0 Å². The van der Waals surface area contributed by atoms with Gasteiger partial charge in [-0.3, -0.25) is 9.69 Å². The second kappa shape index (κ2) is 4.89. The molecule has 0 N–H and O–H groups in total. The second-order valence-corrected chi connectivity index (χ2v) is 4.44. The Kier molecular flexibility index (Phi) is 3.29. The van der Waals surface area contributed by atoms with Crippen molar-refractivity contribution in [1.29, 1.82) is 5.26 Å². The van der Waals surface area contributed by atoms with Crippen LogP contribution in [0.4, 0.5) is 0 Å². The third-order valence-electron chi connectivity index (χ3n) is 2.77. The molecule has 1 amide bonds. The number of hydrogen-bond acceptors (Lipinski definition) is 2. The number of allylic oxidation sites excluding steroid dienone is 1. The first-order valence-electron chi connectivity index (χ1n) is 5.77. The first-order chi connectivity index (χ1) is 8.63. The standard InChI is InChI=1S/C15H14N2O/c1-11(2)9-15(18)17-8-7-12-5-3-4-6-13(12)14(17)10-16/h3-9,14H,1-2H3. The SMILES string of the molecule is CC(C)=CC(=O)N1C=Cc2ccccc2C1C#N. The fraction of sp³-hybridized carbons (Fsp3) is 0.200. The molecular formula is C15H14N2O. The zero-order valence-corrected chi connectivity index (χ0v) is 10.4. The highest BCUT2D eigenvalue weighted by Crippen LogP contribution is 2.29. The molecule has 1 aromatic carbocycles. The van der Waals surface area contributed by atoms with E-state index in [1.165, 1.54) is 4.90 Å². The lowest BCUT2D eigenvalue weighted by atomic mass is 9.97. The smallest absolute Gasteiger partial charge is 0.251 e. The summed E-state index contributed by atoms with van der Waals surface area (Å²) in [5.41, 5.74) is 2.78. The minimum atomic E-state index is -0.547. The number of nitriles is 1. The molecule has 90 valence electrons. The number of benzene rings is 1. The van der Waals surface area contributed by atoms with Crippen molar-refractivity contribution >= 4 is 12.0 Å². The Morgan fingerprint density at radius 2 is 2.11 bits per heavy atom. The molecule has 1 aliphatic rings. The van der Waals surface area contributed by atoms with Crippen molar-refractivity contribution in [2.45, 2.75) is 19.9 Å². The van der Waals surface area contributed by atoms with E-state index in [-0.39, 0.29) is 5.91 Å². The van der Waals surface area contributed by atoms with Crippen molar-refractivity contribution in [3.8, 4) is 6.07 Å². The van der Waals surface area contributed by atoms with E-state index < -0.39 is 6.04 Å². The summed E-state index contributed by atoms with van der Waals surface area (Å²) >= 11 is 0. The maximum Gasteiger partial charge on any atom is 0.251 e. The molecule has 3 heteroatoms. The molecule has 1 aromatic rings. The van der Waals surface area contributed by atoms with E-state index in [1.54, 1.807) is 12.3 Å². The molecule has 0 radical (unpaired) electrons. The Morgan fingerprint density at radius 3 is 2.78 bits per heavy atom. The molecule has 3 nitrogen and oxygen atoms in total. The predicted octanol–water partition coefficient (Wildman–Crippen LogP) is 3.03. The molecule has 1 aliphatic heterocycles. The average molecular weight is 238 g/mol. The van der Waals surface area contributed by atoms with Crippen LogP contribution in [-0.4, -0.2) is 10.8 Å². The predicted molar refractivity (Wildman–Crippen MR) is 70.1 cm³/mol. The Hall–Kier alpha value is -2.34. The Balaban J connectivity index is 2.41.